The second-order valence-electron chi connectivity index (χ2n) is 5.80. The van der Waals surface area contributed by atoms with Crippen LogP contribution in [0.1, 0.15) is 26.3 Å². The van der Waals surface area contributed by atoms with Crippen LogP contribution in [0.2, 0.25) is 0 Å². The molecule has 0 saturated carbocycles. The standard InChI is InChI=1S/C16H23F2N/c1-5-16(4,11-19-10-12(2)3)9-13-8-14(17)6-7-15(13)18/h5-8,12,19H,1,9-11H2,2-4H3. The van der Waals surface area contributed by atoms with E-state index in [1.807, 2.05) is 13.0 Å². The lowest BCUT2D eigenvalue weighted by molar-refractivity contribution is 0.372. The van der Waals surface area contributed by atoms with E-state index >= 15 is 0 Å². The number of hydrogen-bond donors (Lipinski definition) is 1. The maximum absolute atomic E-state index is 13.7. The molecule has 19 heavy (non-hydrogen) atoms. The zero-order chi connectivity index (χ0) is 14.5. The molecule has 0 aliphatic heterocycles. The van der Waals surface area contributed by atoms with E-state index in [0.29, 0.717) is 24.4 Å². The molecule has 0 heterocycles. The van der Waals surface area contributed by atoms with E-state index in [1.165, 1.54) is 12.1 Å². The van der Waals surface area contributed by atoms with Crippen molar-refractivity contribution in [2.45, 2.75) is 27.2 Å². The monoisotopic (exact) mass is 267 g/mol. The Morgan fingerprint density at radius 1 is 1.37 bits per heavy atom. The van der Waals surface area contributed by atoms with Gasteiger partial charge in [0.2, 0.25) is 0 Å². The van der Waals surface area contributed by atoms with Gasteiger partial charge in [-0.1, -0.05) is 26.8 Å². The van der Waals surface area contributed by atoms with Gasteiger partial charge in [0.05, 0.1) is 0 Å². The van der Waals surface area contributed by atoms with Gasteiger partial charge in [0.15, 0.2) is 0 Å². The Morgan fingerprint density at radius 3 is 2.63 bits per heavy atom. The molecule has 1 aromatic carbocycles. The van der Waals surface area contributed by atoms with Crippen LogP contribution in [0.25, 0.3) is 0 Å². The lowest BCUT2D eigenvalue weighted by Gasteiger charge is -2.27. The minimum atomic E-state index is -0.405. The van der Waals surface area contributed by atoms with Gasteiger partial charge in [-0.25, -0.2) is 8.78 Å². The smallest absolute Gasteiger partial charge is 0.126 e. The first-order valence-corrected chi connectivity index (χ1v) is 6.64. The molecular weight excluding hydrogens is 244 g/mol. The first-order chi connectivity index (χ1) is 8.86. The third-order valence-electron chi connectivity index (χ3n) is 3.18. The SMILES string of the molecule is C=CC(C)(CNCC(C)C)Cc1cc(F)ccc1F. The second-order valence-corrected chi connectivity index (χ2v) is 5.80. The quantitative estimate of drug-likeness (QED) is 0.738. The van der Waals surface area contributed by atoms with Crippen molar-refractivity contribution in [3.8, 4) is 0 Å². The third-order valence-corrected chi connectivity index (χ3v) is 3.18. The average Bonchev–Trinajstić information content (AvgIpc) is 2.33. The first-order valence-electron chi connectivity index (χ1n) is 6.64. The van der Waals surface area contributed by atoms with Gasteiger partial charge in [-0.2, -0.15) is 0 Å². The summed E-state index contributed by atoms with van der Waals surface area (Å²) in [6.07, 6.45) is 2.25. The Bertz CT molecular complexity index is 429. The van der Waals surface area contributed by atoms with E-state index in [1.54, 1.807) is 0 Å². The van der Waals surface area contributed by atoms with Gasteiger partial charge in [0.1, 0.15) is 11.6 Å². The average molecular weight is 267 g/mol. The number of rotatable bonds is 7. The summed E-state index contributed by atoms with van der Waals surface area (Å²) in [5, 5.41) is 3.34. The number of hydrogen-bond acceptors (Lipinski definition) is 1. The summed E-state index contributed by atoms with van der Waals surface area (Å²) in [5.74, 6) is -0.212. The van der Waals surface area contributed by atoms with E-state index in [-0.39, 0.29) is 11.2 Å². The molecule has 0 aliphatic rings. The van der Waals surface area contributed by atoms with Crippen molar-refractivity contribution < 1.29 is 8.78 Å². The molecular formula is C16H23F2N. The number of nitrogens with one attached hydrogen (secondary N) is 1. The van der Waals surface area contributed by atoms with E-state index in [4.69, 9.17) is 0 Å². The van der Waals surface area contributed by atoms with Crippen LogP contribution in [0, 0.1) is 23.0 Å². The molecule has 0 spiro atoms. The van der Waals surface area contributed by atoms with Crippen molar-refractivity contribution >= 4 is 0 Å². The molecule has 1 unspecified atom stereocenters. The van der Waals surface area contributed by atoms with Crippen LogP contribution in [0.5, 0.6) is 0 Å². The van der Waals surface area contributed by atoms with Gasteiger partial charge in [-0.3, -0.25) is 0 Å². The van der Waals surface area contributed by atoms with E-state index < -0.39 is 5.82 Å². The Kier molecular flexibility index (Phi) is 5.67. The molecule has 0 aromatic heterocycles. The summed E-state index contributed by atoms with van der Waals surface area (Å²) in [7, 11) is 0. The highest BCUT2D eigenvalue weighted by molar-refractivity contribution is 5.21. The van der Waals surface area contributed by atoms with Crippen LogP contribution in [-0.2, 0) is 6.42 Å². The van der Waals surface area contributed by atoms with Crippen molar-refractivity contribution in [3.63, 3.8) is 0 Å². The molecule has 1 rings (SSSR count). The predicted octanol–water partition coefficient (Wildman–Crippen LogP) is 3.95. The fraction of sp³-hybridized carbons (Fsp3) is 0.500. The van der Waals surface area contributed by atoms with Gasteiger partial charge in [-0.15, -0.1) is 6.58 Å². The van der Waals surface area contributed by atoms with Crippen LogP contribution >= 0.6 is 0 Å². The highest BCUT2D eigenvalue weighted by Crippen LogP contribution is 2.25. The van der Waals surface area contributed by atoms with E-state index in [0.717, 1.165) is 12.6 Å². The zero-order valence-electron chi connectivity index (χ0n) is 12.0. The number of halogens is 2. The number of benzene rings is 1. The Balaban J connectivity index is 2.74. The van der Waals surface area contributed by atoms with Crippen LogP contribution in [0.4, 0.5) is 8.78 Å². The van der Waals surface area contributed by atoms with Crippen molar-refractivity contribution in [2.75, 3.05) is 13.1 Å². The minimum Gasteiger partial charge on any atom is -0.316 e. The highest BCUT2D eigenvalue weighted by atomic mass is 19.1. The van der Waals surface area contributed by atoms with Crippen LogP contribution in [0.15, 0.2) is 30.9 Å². The fourth-order valence-electron chi connectivity index (χ4n) is 1.97. The summed E-state index contributed by atoms with van der Waals surface area (Å²) in [5.41, 5.74) is 0.109. The molecule has 1 nitrogen and oxygen atoms in total. The summed E-state index contributed by atoms with van der Waals surface area (Å²) in [6.45, 7) is 11.7. The van der Waals surface area contributed by atoms with Gasteiger partial charge in [-0.05, 0) is 42.6 Å². The highest BCUT2D eigenvalue weighted by Gasteiger charge is 2.22. The summed E-state index contributed by atoms with van der Waals surface area (Å²) in [6, 6.07) is 3.58. The Hall–Kier alpha value is -1.22. The molecule has 1 atom stereocenters. The van der Waals surface area contributed by atoms with Crippen molar-refractivity contribution in [3.05, 3.63) is 48.1 Å². The lowest BCUT2D eigenvalue weighted by atomic mass is 9.83. The van der Waals surface area contributed by atoms with Gasteiger partial charge in [0, 0.05) is 12.0 Å². The summed E-state index contributed by atoms with van der Waals surface area (Å²) >= 11 is 0. The normalized spacial score (nSPS) is 14.4. The molecule has 0 aliphatic carbocycles. The van der Waals surface area contributed by atoms with Crippen LogP contribution in [0.3, 0.4) is 0 Å². The predicted molar refractivity (Wildman–Crippen MR) is 76.1 cm³/mol. The lowest BCUT2D eigenvalue weighted by Crippen LogP contribution is -2.34. The molecule has 0 fully saturated rings. The third kappa shape index (κ3) is 5.11. The molecule has 1 aromatic rings. The molecule has 1 N–H and O–H groups in total. The molecule has 0 radical (unpaired) electrons. The maximum Gasteiger partial charge on any atom is 0.126 e. The topological polar surface area (TPSA) is 12.0 Å². The van der Waals surface area contributed by atoms with Crippen molar-refractivity contribution in [2.24, 2.45) is 11.3 Å². The summed E-state index contributed by atoms with van der Waals surface area (Å²) < 4.78 is 26.8. The van der Waals surface area contributed by atoms with Crippen LogP contribution < -0.4 is 5.32 Å². The summed E-state index contributed by atoms with van der Waals surface area (Å²) in [4.78, 5) is 0. The molecule has 0 amide bonds. The fourth-order valence-corrected chi connectivity index (χ4v) is 1.97. The molecule has 0 bridgehead atoms. The Morgan fingerprint density at radius 2 is 2.05 bits per heavy atom. The van der Waals surface area contributed by atoms with E-state index in [9.17, 15) is 8.78 Å². The van der Waals surface area contributed by atoms with Gasteiger partial charge < -0.3 is 5.32 Å². The zero-order valence-corrected chi connectivity index (χ0v) is 12.0. The Labute approximate surface area is 114 Å². The maximum atomic E-state index is 13.7. The molecule has 106 valence electrons. The van der Waals surface area contributed by atoms with Crippen LogP contribution in [-0.4, -0.2) is 13.1 Å². The first kappa shape index (κ1) is 15.8. The molecule has 3 heteroatoms. The van der Waals surface area contributed by atoms with Crippen molar-refractivity contribution in [1.82, 2.24) is 5.32 Å². The minimum absolute atomic E-state index is 0.288. The van der Waals surface area contributed by atoms with Gasteiger partial charge in [0.25, 0.3) is 0 Å². The largest absolute Gasteiger partial charge is 0.316 e. The van der Waals surface area contributed by atoms with Gasteiger partial charge >= 0.3 is 0 Å². The van der Waals surface area contributed by atoms with E-state index in [2.05, 4.69) is 25.7 Å². The second kappa shape index (κ2) is 6.80. The molecule has 0 saturated heterocycles. The van der Waals surface area contributed by atoms with Crippen molar-refractivity contribution in [1.29, 1.82) is 0 Å².